The smallest absolute Gasteiger partial charge is 0.317 e. The van der Waals surface area contributed by atoms with E-state index in [1.807, 2.05) is 32.0 Å². The summed E-state index contributed by atoms with van der Waals surface area (Å²) in [6.45, 7) is 5.98. The van der Waals surface area contributed by atoms with Crippen LogP contribution < -0.4 is 0 Å². The highest BCUT2D eigenvalue weighted by molar-refractivity contribution is 5.94. The summed E-state index contributed by atoms with van der Waals surface area (Å²) in [6.07, 6.45) is -0.163. The molecule has 1 atom stereocenters. The molecule has 1 fully saturated rings. The number of carbonyl (C=O) groups excluding carboxylic acids is 1. The van der Waals surface area contributed by atoms with Crippen molar-refractivity contribution in [2.24, 2.45) is 0 Å². The number of benzene rings is 1. The van der Waals surface area contributed by atoms with E-state index in [0.29, 0.717) is 31.8 Å². The van der Waals surface area contributed by atoms with Gasteiger partial charge in [-0.15, -0.1) is 0 Å². The van der Waals surface area contributed by atoms with Gasteiger partial charge in [-0.05, 0) is 44.2 Å². The molecule has 1 unspecified atom stereocenters. The maximum absolute atomic E-state index is 12.6. The molecule has 1 aliphatic heterocycles. The maximum atomic E-state index is 12.6. The van der Waals surface area contributed by atoms with Crippen LogP contribution in [0.1, 0.15) is 21.5 Å². The molecule has 0 aliphatic carbocycles. The van der Waals surface area contributed by atoms with Gasteiger partial charge in [0.2, 0.25) is 0 Å². The van der Waals surface area contributed by atoms with Gasteiger partial charge in [-0.25, -0.2) is 0 Å². The fraction of sp³-hybridized carbons (Fsp3) is 0.529. The van der Waals surface area contributed by atoms with Gasteiger partial charge in [-0.3, -0.25) is 14.5 Å². The molecule has 0 bridgehead atoms. The van der Waals surface area contributed by atoms with Crippen LogP contribution in [0.5, 0.6) is 0 Å². The van der Waals surface area contributed by atoms with E-state index in [-0.39, 0.29) is 18.6 Å². The van der Waals surface area contributed by atoms with Crippen molar-refractivity contribution in [3.63, 3.8) is 0 Å². The van der Waals surface area contributed by atoms with Crippen molar-refractivity contribution >= 4 is 11.9 Å². The lowest BCUT2D eigenvalue weighted by Gasteiger charge is -2.34. The van der Waals surface area contributed by atoms with Crippen LogP contribution in [-0.2, 0) is 9.53 Å². The van der Waals surface area contributed by atoms with Gasteiger partial charge >= 0.3 is 5.97 Å². The summed E-state index contributed by atoms with van der Waals surface area (Å²) in [4.78, 5) is 26.8. The number of carbonyl (C=O) groups is 2. The van der Waals surface area contributed by atoms with Gasteiger partial charge in [0.25, 0.3) is 5.91 Å². The lowest BCUT2D eigenvalue weighted by atomic mass is 10.1. The average molecular weight is 320 g/mol. The molecule has 0 spiro atoms. The molecule has 1 aromatic rings. The lowest BCUT2D eigenvalue weighted by Crippen LogP contribution is -2.49. The summed E-state index contributed by atoms with van der Waals surface area (Å²) < 4.78 is 5.66. The van der Waals surface area contributed by atoms with Gasteiger partial charge in [-0.2, -0.15) is 0 Å². The number of carboxylic acid groups (broad SMARTS) is 1. The topological polar surface area (TPSA) is 70.1 Å². The largest absolute Gasteiger partial charge is 0.480 e. The van der Waals surface area contributed by atoms with E-state index in [9.17, 15) is 9.59 Å². The summed E-state index contributed by atoms with van der Waals surface area (Å²) in [7, 11) is 1.74. The Hall–Kier alpha value is -1.92. The highest BCUT2D eigenvalue weighted by Crippen LogP contribution is 2.15. The Kier molecular flexibility index (Phi) is 5.74. The highest BCUT2D eigenvalue weighted by Gasteiger charge is 2.26. The van der Waals surface area contributed by atoms with Crippen molar-refractivity contribution < 1.29 is 19.4 Å². The number of aliphatic carboxylic acids is 1. The third-order valence-electron chi connectivity index (χ3n) is 4.10. The Morgan fingerprint density at radius 3 is 2.74 bits per heavy atom. The number of amides is 1. The first-order chi connectivity index (χ1) is 10.9. The fourth-order valence-electron chi connectivity index (χ4n) is 2.71. The molecule has 1 aliphatic rings. The molecular formula is C17H24N2O4. The maximum Gasteiger partial charge on any atom is 0.317 e. The van der Waals surface area contributed by atoms with E-state index in [1.165, 1.54) is 0 Å². The number of nitrogens with zero attached hydrogens (tertiary/aromatic N) is 2. The standard InChI is InChI=1S/C17H24N2O4/c1-12-4-5-14(8-13(12)2)17(22)19-6-7-23-15(10-19)9-18(3)11-16(20)21/h4-5,8,15H,6-7,9-11H2,1-3H3,(H,20,21). The monoisotopic (exact) mass is 320 g/mol. The van der Waals surface area contributed by atoms with E-state index in [1.54, 1.807) is 16.8 Å². The minimum Gasteiger partial charge on any atom is -0.480 e. The van der Waals surface area contributed by atoms with E-state index in [4.69, 9.17) is 9.84 Å². The van der Waals surface area contributed by atoms with Crippen LogP contribution in [-0.4, -0.2) is 72.7 Å². The molecular weight excluding hydrogens is 296 g/mol. The average Bonchev–Trinajstić information content (AvgIpc) is 2.48. The molecule has 6 heteroatoms. The molecule has 126 valence electrons. The van der Waals surface area contributed by atoms with Gasteiger partial charge in [0.05, 0.1) is 19.3 Å². The van der Waals surface area contributed by atoms with E-state index in [2.05, 4.69) is 0 Å². The number of aryl methyl sites for hydroxylation is 2. The third kappa shape index (κ3) is 4.77. The second-order valence-electron chi connectivity index (χ2n) is 6.13. The second-order valence-corrected chi connectivity index (χ2v) is 6.13. The zero-order valence-corrected chi connectivity index (χ0v) is 13.9. The normalized spacial score (nSPS) is 18.3. The molecule has 1 amide bonds. The van der Waals surface area contributed by atoms with Crippen LogP contribution >= 0.6 is 0 Å². The van der Waals surface area contributed by atoms with Gasteiger partial charge in [-0.1, -0.05) is 6.07 Å². The van der Waals surface area contributed by atoms with Crippen LogP contribution in [0.25, 0.3) is 0 Å². The second kappa shape index (κ2) is 7.57. The molecule has 1 heterocycles. The Morgan fingerprint density at radius 1 is 1.35 bits per heavy atom. The molecule has 1 saturated heterocycles. The van der Waals surface area contributed by atoms with Gasteiger partial charge in [0, 0.05) is 25.2 Å². The summed E-state index contributed by atoms with van der Waals surface area (Å²) in [6, 6.07) is 5.73. The molecule has 6 nitrogen and oxygen atoms in total. The number of hydrogen-bond acceptors (Lipinski definition) is 4. The summed E-state index contributed by atoms with van der Waals surface area (Å²) in [5.41, 5.74) is 2.95. The van der Waals surface area contributed by atoms with Crippen molar-refractivity contribution in [1.82, 2.24) is 9.80 Å². The van der Waals surface area contributed by atoms with Crippen LogP contribution in [0.3, 0.4) is 0 Å². The predicted molar refractivity (Wildman–Crippen MR) is 86.7 cm³/mol. The first-order valence-electron chi connectivity index (χ1n) is 7.75. The van der Waals surface area contributed by atoms with Crippen LogP contribution in [0, 0.1) is 13.8 Å². The SMILES string of the molecule is Cc1ccc(C(=O)N2CCOC(CN(C)CC(=O)O)C2)cc1C. The predicted octanol–water partition coefficient (Wildman–Crippen LogP) is 1.16. The summed E-state index contributed by atoms with van der Waals surface area (Å²) in [5.74, 6) is -0.867. The Labute approximate surface area is 136 Å². The first kappa shape index (κ1) is 17.4. The molecule has 2 rings (SSSR count). The van der Waals surface area contributed by atoms with Crippen molar-refractivity contribution in [2.75, 3.05) is 39.8 Å². The number of morpholine rings is 1. The lowest BCUT2D eigenvalue weighted by molar-refractivity contribution is -0.138. The Balaban J connectivity index is 1.98. The zero-order valence-electron chi connectivity index (χ0n) is 13.9. The first-order valence-corrected chi connectivity index (χ1v) is 7.75. The Bertz CT molecular complexity index is 588. The van der Waals surface area contributed by atoms with Crippen molar-refractivity contribution in [3.8, 4) is 0 Å². The minimum absolute atomic E-state index is 0.00212. The molecule has 23 heavy (non-hydrogen) atoms. The molecule has 1 aromatic carbocycles. The molecule has 1 N–H and O–H groups in total. The molecule has 0 saturated carbocycles. The van der Waals surface area contributed by atoms with E-state index >= 15 is 0 Å². The van der Waals surface area contributed by atoms with E-state index < -0.39 is 5.97 Å². The minimum atomic E-state index is -0.869. The van der Waals surface area contributed by atoms with Crippen LogP contribution in [0.15, 0.2) is 18.2 Å². The number of likely N-dealkylation sites (N-methyl/N-ethyl adjacent to an activating group) is 1. The number of carboxylic acids is 1. The zero-order chi connectivity index (χ0) is 17.0. The Morgan fingerprint density at radius 2 is 2.09 bits per heavy atom. The summed E-state index contributed by atoms with van der Waals surface area (Å²) >= 11 is 0. The van der Waals surface area contributed by atoms with Gasteiger partial charge in [0.1, 0.15) is 0 Å². The van der Waals surface area contributed by atoms with E-state index in [0.717, 1.165) is 11.1 Å². The number of hydrogen-bond donors (Lipinski definition) is 1. The third-order valence-corrected chi connectivity index (χ3v) is 4.10. The fourth-order valence-corrected chi connectivity index (χ4v) is 2.71. The van der Waals surface area contributed by atoms with Gasteiger partial charge < -0.3 is 14.7 Å². The van der Waals surface area contributed by atoms with Crippen LogP contribution in [0.4, 0.5) is 0 Å². The van der Waals surface area contributed by atoms with Crippen molar-refractivity contribution in [1.29, 1.82) is 0 Å². The van der Waals surface area contributed by atoms with Crippen molar-refractivity contribution in [2.45, 2.75) is 20.0 Å². The summed E-state index contributed by atoms with van der Waals surface area (Å²) in [5, 5.41) is 8.80. The van der Waals surface area contributed by atoms with Crippen molar-refractivity contribution in [3.05, 3.63) is 34.9 Å². The highest BCUT2D eigenvalue weighted by atomic mass is 16.5. The van der Waals surface area contributed by atoms with Crippen LogP contribution in [0.2, 0.25) is 0 Å². The molecule has 0 radical (unpaired) electrons. The molecule has 0 aromatic heterocycles. The quantitative estimate of drug-likeness (QED) is 0.881. The number of rotatable bonds is 5. The number of ether oxygens (including phenoxy) is 1. The van der Waals surface area contributed by atoms with Gasteiger partial charge in [0.15, 0.2) is 0 Å².